The van der Waals surface area contributed by atoms with E-state index in [9.17, 15) is 4.79 Å². The number of aromatic nitrogens is 2. The number of carbonyl (C=O) groups excluding carboxylic acids is 1. The van der Waals surface area contributed by atoms with Gasteiger partial charge in [0.15, 0.2) is 0 Å². The molecule has 2 N–H and O–H groups in total. The van der Waals surface area contributed by atoms with Crippen LogP contribution in [0.25, 0.3) is 0 Å². The van der Waals surface area contributed by atoms with Crippen molar-refractivity contribution in [3.05, 3.63) is 69.9 Å². The lowest BCUT2D eigenvalue weighted by atomic mass is 10.1. The molecule has 2 aromatic carbocycles. The minimum Gasteiger partial charge on any atom is -0.465 e. The third-order valence-electron chi connectivity index (χ3n) is 4.22. The Labute approximate surface area is 168 Å². The number of esters is 1. The molecule has 3 aromatic rings. The van der Waals surface area contributed by atoms with Crippen LogP contribution in [0.15, 0.2) is 42.5 Å². The summed E-state index contributed by atoms with van der Waals surface area (Å²) in [4.78, 5) is 20.8. The molecule has 0 radical (unpaired) electrons. The second kappa shape index (κ2) is 8.27. The number of benzene rings is 2. The van der Waals surface area contributed by atoms with E-state index in [1.54, 1.807) is 24.3 Å². The number of hydrogen-bond acceptors (Lipinski definition) is 6. The zero-order chi connectivity index (χ0) is 20.3. The molecule has 7 heteroatoms. The van der Waals surface area contributed by atoms with E-state index in [1.165, 1.54) is 7.11 Å². The van der Waals surface area contributed by atoms with Crippen LogP contribution in [0.4, 0.5) is 23.1 Å². The Hall–Kier alpha value is -3.12. The van der Waals surface area contributed by atoms with Crippen LogP contribution in [-0.4, -0.2) is 23.0 Å². The predicted octanol–water partition coefficient (Wildman–Crippen LogP) is 5.33. The molecule has 1 heterocycles. The number of carbonyl (C=O) groups is 1. The number of nitrogens with zero attached hydrogens (tertiary/aromatic N) is 2. The molecule has 6 nitrogen and oxygen atoms in total. The van der Waals surface area contributed by atoms with Crippen LogP contribution in [0.2, 0.25) is 5.02 Å². The summed E-state index contributed by atoms with van der Waals surface area (Å²) in [7, 11) is 1.34. The van der Waals surface area contributed by atoms with E-state index in [-0.39, 0.29) is 0 Å². The van der Waals surface area contributed by atoms with Gasteiger partial charge in [0, 0.05) is 17.4 Å². The van der Waals surface area contributed by atoms with E-state index < -0.39 is 5.97 Å². The highest BCUT2D eigenvalue weighted by molar-refractivity contribution is 6.33. The number of hydrogen-bond donors (Lipinski definition) is 2. The van der Waals surface area contributed by atoms with Crippen LogP contribution in [0, 0.1) is 20.8 Å². The number of nitrogens with one attached hydrogen (secondary N) is 2. The molecule has 0 bridgehead atoms. The fraction of sp³-hybridized carbons (Fsp3) is 0.190. The first-order valence-electron chi connectivity index (χ1n) is 8.71. The highest BCUT2D eigenvalue weighted by Crippen LogP contribution is 2.28. The Morgan fingerprint density at radius 2 is 1.71 bits per heavy atom. The normalized spacial score (nSPS) is 10.5. The largest absolute Gasteiger partial charge is 0.465 e. The van der Waals surface area contributed by atoms with E-state index in [0.717, 1.165) is 22.5 Å². The first kappa shape index (κ1) is 19.6. The number of para-hydroxylation sites is 1. The van der Waals surface area contributed by atoms with Gasteiger partial charge in [-0.05, 0) is 50.1 Å². The smallest absolute Gasteiger partial charge is 0.337 e. The molecule has 0 fully saturated rings. The molecule has 0 spiro atoms. The molecule has 0 unspecified atom stereocenters. The van der Waals surface area contributed by atoms with Gasteiger partial charge in [-0.1, -0.05) is 29.8 Å². The van der Waals surface area contributed by atoms with Gasteiger partial charge in [-0.2, -0.15) is 4.98 Å². The lowest BCUT2D eigenvalue weighted by Gasteiger charge is -2.14. The number of ether oxygens (including phenoxy) is 1. The average molecular weight is 397 g/mol. The van der Waals surface area contributed by atoms with Crippen LogP contribution in [0.1, 0.15) is 27.2 Å². The maximum Gasteiger partial charge on any atom is 0.337 e. The maximum atomic E-state index is 11.8. The van der Waals surface area contributed by atoms with Gasteiger partial charge in [0.2, 0.25) is 5.95 Å². The Bertz CT molecular complexity index is 1020. The summed E-state index contributed by atoms with van der Waals surface area (Å²) in [6.45, 7) is 5.94. The molecule has 0 saturated heterocycles. The van der Waals surface area contributed by atoms with Gasteiger partial charge in [-0.15, -0.1) is 0 Å². The number of methoxy groups -OCH3 is 1. The molecule has 1 aromatic heterocycles. The zero-order valence-corrected chi connectivity index (χ0v) is 16.9. The molecule has 28 heavy (non-hydrogen) atoms. The highest BCUT2D eigenvalue weighted by Gasteiger charge is 2.11. The summed E-state index contributed by atoms with van der Waals surface area (Å²) < 4.78 is 4.76. The van der Waals surface area contributed by atoms with Gasteiger partial charge in [0.05, 0.1) is 23.4 Å². The Kier molecular flexibility index (Phi) is 5.80. The molecule has 0 saturated carbocycles. The first-order chi connectivity index (χ1) is 13.4. The van der Waals surface area contributed by atoms with E-state index in [4.69, 9.17) is 16.3 Å². The van der Waals surface area contributed by atoms with Gasteiger partial charge in [-0.25, -0.2) is 9.78 Å². The monoisotopic (exact) mass is 396 g/mol. The third kappa shape index (κ3) is 4.40. The fourth-order valence-electron chi connectivity index (χ4n) is 2.82. The molecular weight excluding hydrogens is 376 g/mol. The van der Waals surface area contributed by atoms with Crippen LogP contribution >= 0.6 is 11.6 Å². The van der Waals surface area contributed by atoms with Crippen molar-refractivity contribution in [3.8, 4) is 0 Å². The molecule has 0 aliphatic heterocycles. The Balaban J connectivity index is 1.91. The molecule has 0 amide bonds. The minimum absolute atomic E-state index is 0.397. The lowest BCUT2D eigenvalue weighted by molar-refractivity contribution is 0.0601. The van der Waals surface area contributed by atoms with Crippen molar-refractivity contribution < 1.29 is 9.53 Å². The summed E-state index contributed by atoms with van der Waals surface area (Å²) in [5, 5.41) is 6.91. The van der Waals surface area contributed by atoms with Crippen molar-refractivity contribution in [3.63, 3.8) is 0 Å². The Morgan fingerprint density at radius 1 is 1.00 bits per heavy atom. The van der Waals surface area contributed by atoms with Crippen LogP contribution in [-0.2, 0) is 4.74 Å². The molecular formula is C21H21ClN4O2. The zero-order valence-electron chi connectivity index (χ0n) is 16.1. The average Bonchev–Trinajstić information content (AvgIpc) is 2.65. The van der Waals surface area contributed by atoms with Crippen molar-refractivity contribution in [2.24, 2.45) is 0 Å². The van der Waals surface area contributed by atoms with E-state index >= 15 is 0 Å². The molecule has 144 valence electrons. The fourth-order valence-corrected chi connectivity index (χ4v) is 2.98. The summed E-state index contributed by atoms with van der Waals surface area (Å²) >= 11 is 6.27. The van der Waals surface area contributed by atoms with Gasteiger partial charge in [0.25, 0.3) is 0 Å². The van der Waals surface area contributed by atoms with Gasteiger partial charge in [-0.3, -0.25) is 0 Å². The number of anilines is 4. The molecule has 0 aliphatic carbocycles. The molecule has 0 atom stereocenters. The first-order valence-corrected chi connectivity index (χ1v) is 9.09. The van der Waals surface area contributed by atoms with Crippen molar-refractivity contribution in [1.29, 1.82) is 0 Å². The minimum atomic E-state index is -0.434. The van der Waals surface area contributed by atoms with Crippen LogP contribution < -0.4 is 10.6 Å². The van der Waals surface area contributed by atoms with Gasteiger partial charge < -0.3 is 15.4 Å². The maximum absolute atomic E-state index is 11.8. The quantitative estimate of drug-likeness (QED) is 0.568. The van der Waals surface area contributed by atoms with Crippen LogP contribution in [0.5, 0.6) is 0 Å². The van der Waals surface area contributed by atoms with Gasteiger partial charge in [0.1, 0.15) is 5.82 Å². The van der Waals surface area contributed by atoms with Crippen molar-refractivity contribution >= 4 is 40.7 Å². The summed E-state index contributed by atoms with van der Waals surface area (Å²) in [5.41, 5.74) is 4.92. The topological polar surface area (TPSA) is 76.1 Å². The second-order valence-corrected chi connectivity index (χ2v) is 6.83. The number of aryl methyl sites for hydroxylation is 3. The van der Waals surface area contributed by atoms with Gasteiger partial charge >= 0.3 is 5.97 Å². The number of rotatable bonds is 5. The van der Waals surface area contributed by atoms with Crippen molar-refractivity contribution in [2.75, 3.05) is 17.7 Å². The SMILES string of the molecule is COC(=O)c1ccc(Cl)c(Nc2cc(C)nc(Nc3c(C)cccc3C)n2)c1. The van der Waals surface area contributed by atoms with Crippen molar-refractivity contribution in [1.82, 2.24) is 9.97 Å². The van der Waals surface area contributed by atoms with Crippen molar-refractivity contribution in [2.45, 2.75) is 20.8 Å². The van der Waals surface area contributed by atoms with Crippen LogP contribution in [0.3, 0.4) is 0 Å². The Morgan fingerprint density at radius 3 is 2.39 bits per heavy atom. The third-order valence-corrected chi connectivity index (χ3v) is 4.55. The molecule has 3 rings (SSSR count). The number of halogens is 1. The van der Waals surface area contributed by atoms with E-state index in [0.29, 0.717) is 28.0 Å². The van der Waals surface area contributed by atoms with E-state index in [1.807, 2.05) is 39.0 Å². The molecule has 0 aliphatic rings. The second-order valence-electron chi connectivity index (χ2n) is 6.42. The standard InChI is InChI=1S/C21H21ClN4O2/c1-12-6-5-7-13(2)19(12)26-21-23-14(3)10-18(25-21)24-17-11-15(20(27)28-4)8-9-16(17)22/h5-11H,1-4H3,(H2,23,24,25,26). The summed E-state index contributed by atoms with van der Waals surface area (Å²) in [6, 6.07) is 12.8. The highest BCUT2D eigenvalue weighted by atomic mass is 35.5. The predicted molar refractivity (Wildman–Crippen MR) is 112 cm³/mol. The summed E-state index contributed by atoms with van der Waals surface area (Å²) in [6.07, 6.45) is 0. The lowest BCUT2D eigenvalue weighted by Crippen LogP contribution is -2.05. The van der Waals surface area contributed by atoms with E-state index in [2.05, 4.69) is 20.6 Å². The summed E-state index contributed by atoms with van der Waals surface area (Å²) in [5.74, 6) is 0.598.